The van der Waals surface area contributed by atoms with Crippen LogP contribution in [0, 0.1) is 0 Å². The minimum absolute atomic E-state index is 0.126. The summed E-state index contributed by atoms with van der Waals surface area (Å²) in [6.45, 7) is 4.23. The van der Waals surface area contributed by atoms with E-state index < -0.39 is 5.54 Å². The third-order valence-corrected chi connectivity index (χ3v) is 4.56. The first kappa shape index (κ1) is 18.6. The maximum absolute atomic E-state index is 12.2. The van der Waals surface area contributed by atoms with Gasteiger partial charge in [0.25, 0.3) is 0 Å². The average molecular weight is 334 g/mol. The highest BCUT2D eigenvalue weighted by atomic mass is 16.5. The van der Waals surface area contributed by atoms with Crippen molar-refractivity contribution in [1.29, 1.82) is 0 Å². The Hall–Kier alpha value is -1.75. The van der Waals surface area contributed by atoms with Gasteiger partial charge in [0.05, 0.1) is 18.8 Å². The summed E-state index contributed by atoms with van der Waals surface area (Å²) < 4.78 is 11.5. The third-order valence-electron chi connectivity index (χ3n) is 4.56. The summed E-state index contributed by atoms with van der Waals surface area (Å²) >= 11 is 0. The quantitative estimate of drug-likeness (QED) is 0.766. The van der Waals surface area contributed by atoms with Crippen LogP contribution in [-0.2, 0) is 11.3 Å². The molecule has 1 saturated carbocycles. The predicted octanol–water partition coefficient (Wildman–Crippen LogP) is 3.15. The fourth-order valence-corrected chi connectivity index (χ4v) is 3.13. The summed E-state index contributed by atoms with van der Waals surface area (Å²) in [6, 6.07) is 5.78. The second kappa shape index (κ2) is 8.38. The van der Waals surface area contributed by atoms with Gasteiger partial charge >= 0.3 is 0 Å². The van der Waals surface area contributed by atoms with Crippen LogP contribution in [0.15, 0.2) is 18.2 Å². The van der Waals surface area contributed by atoms with Gasteiger partial charge in [-0.05, 0) is 56.7 Å². The third kappa shape index (κ3) is 4.87. The van der Waals surface area contributed by atoms with Crippen molar-refractivity contribution in [2.75, 3.05) is 7.11 Å². The molecule has 0 aromatic heterocycles. The van der Waals surface area contributed by atoms with E-state index in [9.17, 15) is 4.79 Å². The fraction of sp³-hybridized carbons (Fsp3) is 0.632. The van der Waals surface area contributed by atoms with Crippen LogP contribution in [0.1, 0.15) is 57.9 Å². The number of carbonyl (C=O) groups is 1. The Morgan fingerprint density at radius 2 is 2.04 bits per heavy atom. The van der Waals surface area contributed by atoms with E-state index >= 15 is 0 Å². The number of nitrogens with one attached hydrogen (secondary N) is 1. The monoisotopic (exact) mass is 334 g/mol. The molecule has 0 bridgehead atoms. The molecule has 1 atom stereocenters. The molecule has 2 rings (SSSR count). The van der Waals surface area contributed by atoms with Crippen molar-refractivity contribution in [2.24, 2.45) is 5.73 Å². The van der Waals surface area contributed by atoms with E-state index in [1.807, 2.05) is 25.1 Å². The number of methoxy groups -OCH3 is 1. The van der Waals surface area contributed by atoms with E-state index in [1.165, 1.54) is 12.8 Å². The van der Waals surface area contributed by atoms with Crippen LogP contribution in [0.5, 0.6) is 11.5 Å². The van der Waals surface area contributed by atoms with E-state index in [4.69, 9.17) is 15.2 Å². The van der Waals surface area contributed by atoms with Gasteiger partial charge in [-0.3, -0.25) is 4.79 Å². The molecule has 1 amide bonds. The van der Waals surface area contributed by atoms with Crippen molar-refractivity contribution in [2.45, 2.75) is 70.6 Å². The smallest absolute Gasteiger partial charge is 0.240 e. The van der Waals surface area contributed by atoms with E-state index in [-0.39, 0.29) is 12.0 Å². The summed E-state index contributed by atoms with van der Waals surface area (Å²) in [7, 11) is 1.64. The standard InChI is InChI=1S/C19H30N2O3/c1-4-11-19(2,20)18(22)21-13-14-9-10-16(23-3)17(12-14)24-15-7-5-6-8-15/h9-10,12,15H,4-8,11,13,20H2,1-3H3,(H,21,22). The number of rotatable bonds is 8. The highest BCUT2D eigenvalue weighted by Gasteiger charge is 2.26. The number of hydrogen-bond donors (Lipinski definition) is 2. The molecule has 1 aromatic rings. The lowest BCUT2D eigenvalue weighted by Gasteiger charge is -2.23. The van der Waals surface area contributed by atoms with Crippen molar-refractivity contribution in [1.82, 2.24) is 5.32 Å². The number of carbonyl (C=O) groups excluding carboxylic acids is 1. The molecule has 5 heteroatoms. The summed E-state index contributed by atoms with van der Waals surface area (Å²) in [5.41, 5.74) is 6.21. The molecule has 0 spiro atoms. The molecule has 0 saturated heterocycles. The van der Waals surface area contributed by atoms with Gasteiger partial charge in [0.2, 0.25) is 5.91 Å². The summed E-state index contributed by atoms with van der Waals surface area (Å²) in [4.78, 5) is 12.2. The molecule has 0 heterocycles. The van der Waals surface area contributed by atoms with Gasteiger partial charge in [-0.25, -0.2) is 0 Å². The minimum atomic E-state index is -0.829. The number of amides is 1. The van der Waals surface area contributed by atoms with E-state index in [2.05, 4.69) is 5.32 Å². The lowest BCUT2D eigenvalue weighted by atomic mass is 9.96. The Kier molecular flexibility index (Phi) is 6.49. The average Bonchev–Trinajstić information content (AvgIpc) is 3.05. The first-order chi connectivity index (χ1) is 11.5. The Morgan fingerprint density at radius 1 is 1.33 bits per heavy atom. The van der Waals surface area contributed by atoms with Gasteiger partial charge in [-0.1, -0.05) is 19.4 Å². The molecule has 0 radical (unpaired) electrons. The molecule has 1 aliphatic rings. The van der Waals surface area contributed by atoms with Crippen LogP contribution in [0.25, 0.3) is 0 Å². The fourth-order valence-electron chi connectivity index (χ4n) is 3.13. The second-order valence-electron chi connectivity index (χ2n) is 6.86. The van der Waals surface area contributed by atoms with Crippen molar-refractivity contribution in [3.63, 3.8) is 0 Å². The lowest BCUT2D eigenvalue weighted by molar-refractivity contribution is -0.126. The molecule has 24 heavy (non-hydrogen) atoms. The first-order valence-electron chi connectivity index (χ1n) is 8.87. The molecule has 3 N–H and O–H groups in total. The zero-order valence-electron chi connectivity index (χ0n) is 15.1. The lowest BCUT2D eigenvalue weighted by Crippen LogP contribution is -2.51. The van der Waals surface area contributed by atoms with Gasteiger partial charge in [-0.15, -0.1) is 0 Å². The summed E-state index contributed by atoms with van der Waals surface area (Å²) in [5, 5.41) is 2.92. The Bertz CT molecular complexity index is 552. The Balaban J connectivity index is 2.01. The molecule has 1 aromatic carbocycles. The van der Waals surface area contributed by atoms with Crippen LogP contribution < -0.4 is 20.5 Å². The van der Waals surface area contributed by atoms with E-state index in [1.54, 1.807) is 14.0 Å². The molecule has 1 fully saturated rings. The van der Waals surface area contributed by atoms with Crippen LogP contribution in [0.3, 0.4) is 0 Å². The second-order valence-corrected chi connectivity index (χ2v) is 6.86. The number of nitrogens with two attached hydrogens (primary N) is 1. The maximum atomic E-state index is 12.2. The number of benzene rings is 1. The van der Waals surface area contributed by atoms with E-state index in [0.29, 0.717) is 13.0 Å². The van der Waals surface area contributed by atoms with Crippen molar-refractivity contribution < 1.29 is 14.3 Å². The zero-order chi connectivity index (χ0) is 17.6. The molecule has 134 valence electrons. The summed E-state index contributed by atoms with van der Waals surface area (Å²) in [5.74, 6) is 1.35. The van der Waals surface area contributed by atoms with Gasteiger partial charge in [0, 0.05) is 6.54 Å². The normalized spacial score (nSPS) is 17.3. The molecule has 1 aliphatic carbocycles. The number of hydrogen-bond acceptors (Lipinski definition) is 4. The van der Waals surface area contributed by atoms with Gasteiger partial charge in [0.15, 0.2) is 11.5 Å². The summed E-state index contributed by atoms with van der Waals surface area (Å²) in [6.07, 6.45) is 6.42. The largest absolute Gasteiger partial charge is 0.493 e. The van der Waals surface area contributed by atoms with Crippen LogP contribution in [0.2, 0.25) is 0 Å². The zero-order valence-corrected chi connectivity index (χ0v) is 15.1. The van der Waals surface area contributed by atoms with Crippen LogP contribution >= 0.6 is 0 Å². The Morgan fingerprint density at radius 3 is 2.67 bits per heavy atom. The van der Waals surface area contributed by atoms with Crippen LogP contribution in [0.4, 0.5) is 0 Å². The van der Waals surface area contributed by atoms with Crippen LogP contribution in [-0.4, -0.2) is 24.7 Å². The van der Waals surface area contributed by atoms with Gasteiger partial charge < -0.3 is 20.5 Å². The topological polar surface area (TPSA) is 73.6 Å². The van der Waals surface area contributed by atoms with Crippen molar-refractivity contribution in [3.8, 4) is 11.5 Å². The molecular formula is C19H30N2O3. The van der Waals surface area contributed by atoms with Gasteiger partial charge in [0.1, 0.15) is 0 Å². The molecule has 0 aliphatic heterocycles. The minimum Gasteiger partial charge on any atom is -0.493 e. The van der Waals surface area contributed by atoms with Gasteiger partial charge in [-0.2, -0.15) is 0 Å². The molecular weight excluding hydrogens is 304 g/mol. The maximum Gasteiger partial charge on any atom is 0.240 e. The Labute approximate surface area is 144 Å². The predicted molar refractivity (Wildman–Crippen MR) is 95.2 cm³/mol. The highest BCUT2D eigenvalue weighted by molar-refractivity contribution is 5.85. The van der Waals surface area contributed by atoms with Crippen molar-refractivity contribution in [3.05, 3.63) is 23.8 Å². The van der Waals surface area contributed by atoms with E-state index in [0.717, 1.165) is 36.3 Å². The highest BCUT2D eigenvalue weighted by Crippen LogP contribution is 2.32. The first-order valence-corrected chi connectivity index (χ1v) is 8.87. The van der Waals surface area contributed by atoms with Crippen molar-refractivity contribution >= 4 is 5.91 Å². The SMILES string of the molecule is CCCC(C)(N)C(=O)NCc1ccc(OC)c(OC2CCCC2)c1. The molecule has 5 nitrogen and oxygen atoms in total. The number of ether oxygens (including phenoxy) is 2. The molecule has 1 unspecified atom stereocenters.